The van der Waals surface area contributed by atoms with E-state index in [-0.39, 0.29) is 0 Å². The van der Waals surface area contributed by atoms with E-state index < -0.39 is 0 Å². The maximum Gasteiger partial charge on any atom is 0.0658 e. The van der Waals surface area contributed by atoms with Gasteiger partial charge in [-0.3, -0.25) is 0 Å². The van der Waals surface area contributed by atoms with Crippen molar-refractivity contribution in [3.05, 3.63) is 106 Å². The molecular weight excluding hydrogens is 448 g/mol. The zero-order valence-corrected chi connectivity index (χ0v) is 18.2. The number of benzene rings is 1. The predicted molar refractivity (Wildman–Crippen MR) is 133 cm³/mol. The van der Waals surface area contributed by atoms with E-state index in [9.17, 15) is 0 Å². The highest BCUT2D eigenvalue weighted by Crippen LogP contribution is 2.17. The smallest absolute Gasteiger partial charge is 0.0658 e. The van der Waals surface area contributed by atoms with Crippen molar-refractivity contribution in [1.29, 1.82) is 0 Å². The van der Waals surface area contributed by atoms with Crippen molar-refractivity contribution in [2.75, 3.05) is 0 Å². The summed E-state index contributed by atoms with van der Waals surface area (Å²) in [5.74, 6) is 0. The third-order valence-electron chi connectivity index (χ3n) is 4.78. The molecule has 1 aromatic carbocycles. The number of nitrogens with zero attached hydrogens (tertiary/aromatic N) is 2. The van der Waals surface area contributed by atoms with E-state index in [4.69, 9.17) is 0 Å². The molecule has 0 saturated heterocycles. The Morgan fingerprint density at radius 2 is 0.839 bits per heavy atom. The molecule has 31 heavy (non-hydrogen) atoms. The van der Waals surface area contributed by atoms with Gasteiger partial charge in [0.1, 0.15) is 0 Å². The lowest BCUT2D eigenvalue weighted by Crippen LogP contribution is -1.75. The van der Waals surface area contributed by atoms with Gasteiger partial charge in [0.15, 0.2) is 0 Å². The highest BCUT2D eigenvalue weighted by atomic mass is 79.9. The summed E-state index contributed by atoms with van der Waals surface area (Å²) < 4.78 is 1.13. The number of nitrogens with one attached hydrogen (secondary N) is 2. The van der Waals surface area contributed by atoms with E-state index in [2.05, 4.69) is 60.1 Å². The van der Waals surface area contributed by atoms with Gasteiger partial charge in [-0.1, -0.05) is 34.1 Å². The second-order valence-electron chi connectivity index (χ2n) is 7.20. The molecule has 6 rings (SSSR count). The van der Waals surface area contributed by atoms with Crippen molar-refractivity contribution in [3.8, 4) is 0 Å². The molecule has 4 aromatic rings. The van der Waals surface area contributed by atoms with E-state index in [0.717, 1.165) is 49.3 Å². The molecular formula is C26H19BrN4. The Balaban J connectivity index is 0.000000250. The van der Waals surface area contributed by atoms with Crippen LogP contribution in [0.4, 0.5) is 0 Å². The van der Waals surface area contributed by atoms with Crippen molar-refractivity contribution in [1.82, 2.24) is 19.9 Å². The monoisotopic (exact) mass is 466 g/mol. The SMILES string of the molecule is Brc1ccccc1.C1=Cc2cc3ccc(cc4nc(cc5ccc(cc1n2)[nH]5)C=C4)[nH]3. The van der Waals surface area contributed by atoms with Crippen LogP contribution < -0.4 is 0 Å². The molecule has 2 aliphatic heterocycles. The molecule has 0 atom stereocenters. The second kappa shape index (κ2) is 8.58. The zero-order valence-electron chi connectivity index (χ0n) is 16.6. The van der Waals surface area contributed by atoms with Gasteiger partial charge in [-0.2, -0.15) is 0 Å². The van der Waals surface area contributed by atoms with Crippen LogP contribution in [-0.4, -0.2) is 19.9 Å². The fourth-order valence-electron chi connectivity index (χ4n) is 3.36. The number of aromatic amines is 2. The van der Waals surface area contributed by atoms with Crippen molar-refractivity contribution >= 4 is 62.3 Å². The summed E-state index contributed by atoms with van der Waals surface area (Å²) in [6, 6.07) is 26.3. The first-order valence-electron chi connectivity index (χ1n) is 9.95. The van der Waals surface area contributed by atoms with Gasteiger partial charge in [0.2, 0.25) is 0 Å². The van der Waals surface area contributed by atoms with Gasteiger partial charge in [0, 0.05) is 26.5 Å². The standard InChI is InChI=1S/C20H14N4.C6H5Br/c1-2-14-10-16-5-6-18(23-16)12-20-8-7-19(24-20)11-17-4-3-15(22-17)9-13(1)21-14;7-6-4-2-1-3-5-6/h1-12,21,24H;1-5H. The molecule has 0 spiro atoms. The maximum atomic E-state index is 4.63. The molecule has 2 aliphatic rings. The van der Waals surface area contributed by atoms with E-state index in [1.54, 1.807) is 0 Å². The van der Waals surface area contributed by atoms with Gasteiger partial charge in [0.25, 0.3) is 0 Å². The normalized spacial score (nSPS) is 11.8. The van der Waals surface area contributed by atoms with Crippen LogP contribution in [0.1, 0.15) is 22.8 Å². The van der Waals surface area contributed by atoms with Crippen LogP contribution in [-0.2, 0) is 0 Å². The number of halogens is 1. The maximum absolute atomic E-state index is 4.63. The minimum atomic E-state index is 0.939. The Labute approximate surface area is 188 Å². The molecule has 0 saturated carbocycles. The third kappa shape index (κ3) is 4.90. The Morgan fingerprint density at radius 1 is 0.484 bits per heavy atom. The molecule has 4 nitrogen and oxygen atoms in total. The summed E-state index contributed by atoms with van der Waals surface area (Å²) in [6.07, 6.45) is 8.09. The topological polar surface area (TPSA) is 57.4 Å². The van der Waals surface area contributed by atoms with E-state index in [1.807, 2.05) is 78.9 Å². The largest absolute Gasteiger partial charge is 0.355 e. The minimum Gasteiger partial charge on any atom is -0.355 e. The number of rotatable bonds is 0. The average molecular weight is 467 g/mol. The molecule has 8 bridgehead atoms. The molecule has 0 fully saturated rings. The minimum absolute atomic E-state index is 0.939. The predicted octanol–water partition coefficient (Wildman–Crippen LogP) is 7.10. The van der Waals surface area contributed by atoms with Gasteiger partial charge in [-0.25, -0.2) is 9.97 Å². The van der Waals surface area contributed by atoms with Crippen molar-refractivity contribution in [2.45, 2.75) is 0 Å². The van der Waals surface area contributed by atoms with Crippen LogP contribution in [0.5, 0.6) is 0 Å². The summed E-state index contributed by atoms with van der Waals surface area (Å²) in [4.78, 5) is 16.0. The Hall–Kier alpha value is -3.70. The first-order valence-corrected chi connectivity index (χ1v) is 10.7. The van der Waals surface area contributed by atoms with Crippen LogP contribution in [0, 0.1) is 0 Å². The second-order valence-corrected chi connectivity index (χ2v) is 8.12. The Bertz CT molecular complexity index is 1270. The van der Waals surface area contributed by atoms with Crippen LogP contribution in [0.3, 0.4) is 0 Å². The van der Waals surface area contributed by atoms with Crippen molar-refractivity contribution in [2.24, 2.45) is 0 Å². The molecule has 5 heterocycles. The molecule has 0 aliphatic carbocycles. The van der Waals surface area contributed by atoms with Crippen LogP contribution >= 0.6 is 15.9 Å². The average Bonchev–Trinajstić information content (AvgIpc) is 3.55. The highest BCUT2D eigenvalue weighted by Gasteiger charge is 2.01. The van der Waals surface area contributed by atoms with Gasteiger partial charge in [-0.15, -0.1) is 0 Å². The fraction of sp³-hybridized carbons (Fsp3) is 0. The summed E-state index contributed by atoms with van der Waals surface area (Å²) >= 11 is 3.31. The van der Waals surface area contributed by atoms with E-state index in [0.29, 0.717) is 0 Å². The summed E-state index contributed by atoms with van der Waals surface area (Å²) in [7, 11) is 0. The summed E-state index contributed by atoms with van der Waals surface area (Å²) in [5.41, 5.74) is 7.86. The molecule has 3 aromatic heterocycles. The van der Waals surface area contributed by atoms with Gasteiger partial charge in [0.05, 0.1) is 22.8 Å². The number of H-pyrrole nitrogens is 2. The van der Waals surface area contributed by atoms with Crippen LogP contribution in [0.15, 0.2) is 83.3 Å². The lowest BCUT2D eigenvalue weighted by molar-refractivity contribution is 1.31. The summed E-state index contributed by atoms with van der Waals surface area (Å²) in [5, 5.41) is 0. The van der Waals surface area contributed by atoms with E-state index in [1.165, 1.54) is 0 Å². The highest BCUT2D eigenvalue weighted by molar-refractivity contribution is 9.10. The quantitative estimate of drug-likeness (QED) is 0.250. The number of hydrogen-bond acceptors (Lipinski definition) is 2. The van der Waals surface area contributed by atoms with Crippen molar-refractivity contribution in [3.63, 3.8) is 0 Å². The van der Waals surface area contributed by atoms with Crippen molar-refractivity contribution < 1.29 is 0 Å². The lowest BCUT2D eigenvalue weighted by atomic mass is 10.3. The number of fused-ring (bicyclic) bond motifs is 8. The number of aromatic nitrogens is 4. The van der Waals surface area contributed by atoms with Gasteiger partial charge >= 0.3 is 0 Å². The molecule has 0 unspecified atom stereocenters. The fourth-order valence-corrected chi connectivity index (χ4v) is 3.66. The van der Waals surface area contributed by atoms with Crippen LogP contribution in [0.25, 0.3) is 46.4 Å². The van der Waals surface area contributed by atoms with Gasteiger partial charge < -0.3 is 9.97 Å². The van der Waals surface area contributed by atoms with Crippen LogP contribution in [0.2, 0.25) is 0 Å². The lowest BCUT2D eigenvalue weighted by Gasteiger charge is -1.85. The molecule has 0 amide bonds. The third-order valence-corrected chi connectivity index (χ3v) is 5.30. The first kappa shape index (κ1) is 19.3. The first-order chi connectivity index (χ1) is 15.2. The van der Waals surface area contributed by atoms with E-state index >= 15 is 0 Å². The molecule has 2 N–H and O–H groups in total. The summed E-state index contributed by atoms with van der Waals surface area (Å²) in [6.45, 7) is 0. The molecule has 0 radical (unpaired) electrons. The van der Waals surface area contributed by atoms with Gasteiger partial charge in [-0.05, 0) is 85.0 Å². The molecule has 5 heteroatoms. The Kier molecular flexibility index (Phi) is 5.33. The molecule has 150 valence electrons. The zero-order chi connectivity index (χ0) is 21.0. The Morgan fingerprint density at radius 3 is 1.13 bits per heavy atom. The number of hydrogen-bond donors (Lipinski definition) is 2.